The molecule has 15 heteroatoms. The topological polar surface area (TPSA) is 205 Å². The van der Waals surface area contributed by atoms with Gasteiger partial charge in [0.15, 0.2) is 0 Å². The maximum absolute atomic E-state index is 12.7. The lowest BCUT2D eigenvalue weighted by Crippen LogP contribution is -2.38. The first-order chi connectivity index (χ1) is 27.6. The molecule has 0 spiro atoms. The van der Waals surface area contributed by atoms with Crippen molar-refractivity contribution in [3.05, 3.63) is 23.4 Å². The Hall–Kier alpha value is -3.88. The van der Waals surface area contributed by atoms with Crippen LogP contribution in [0.15, 0.2) is 9.05 Å². The Morgan fingerprint density at radius 2 is 1.05 bits per heavy atom. The molecule has 0 unspecified atom stereocenters. The molecule has 2 aromatic heterocycles. The Kier molecular flexibility index (Phi) is 17.8. The summed E-state index contributed by atoms with van der Waals surface area (Å²) in [6.45, 7) is 7.23. The summed E-state index contributed by atoms with van der Waals surface area (Å²) < 4.78 is 10.7. The highest BCUT2D eigenvalue weighted by molar-refractivity contribution is 5.90. The maximum atomic E-state index is 12.7. The highest BCUT2D eigenvalue weighted by Crippen LogP contribution is 2.33. The van der Waals surface area contributed by atoms with Gasteiger partial charge >= 0.3 is 5.97 Å². The zero-order valence-corrected chi connectivity index (χ0v) is 34.4. The first kappa shape index (κ1) is 44.2. The lowest BCUT2D eigenvalue weighted by atomic mass is 9.84. The predicted molar refractivity (Wildman–Crippen MR) is 210 cm³/mol. The van der Waals surface area contributed by atoms with E-state index >= 15 is 0 Å². The zero-order valence-electron chi connectivity index (χ0n) is 34.4. The molecule has 0 bridgehead atoms. The second kappa shape index (κ2) is 22.9. The number of piperidine rings is 2. The first-order valence-electron chi connectivity index (χ1n) is 22.0. The summed E-state index contributed by atoms with van der Waals surface area (Å²) >= 11 is 0. The Balaban J connectivity index is 0.000000218. The first-order valence-corrected chi connectivity index (χ1v) is 22.0. The molecular weight excluding hydrogens is 731 g/mol. The third-order valence-electron chi connectivity index (χ3n) is 12.9. The number of carbonyl (C=O) groups is 4. The van der Waals surface area contributed by atoms with Crippen LogP contribution in [0.3, 0.4) is 0 Å². The molecule has 4 fully saturated rings. The molecule has 2 saturated carbocycles. The highest BCUT2D eigenvalue weighted by Gasteiger charge is 2.30. The number of rotatable bonds is 16. The minimum Gasteiger partial charge on any atom is -0.481 e. The van der Waals surface area contributed by atoms with Crippen LogP contribution >= 0.6 is 0 Å². The maximum Gasteiger partial charge on any atom is 0.304 e. The average Bonchev–Trinajstić information content (AvgIpc) is 3.93. The van der Waals surface area contributed by atoms with Crippen LogP contribution in [0, 0.1) is 23.7 Å². The van der Waals surface area contributed by atoms with E-state index in [0.717, 1.165) is 69.6 Å². The van der Waals surface area contributed by atoms with Crippen molar-refractivity contribution in [1.29, 1.82) is 0 Å². The van der Waals surface area contributed by atoms with Gasteiger partial charge in [0, 0.05) is 44.4 Å². The van der Waals surface area contributed by atoms with Crippen LogP contribution in [0.1, 0.15) is 200 Å². The number of hydroxylamine groups is 1. The molecule has 318 valence electrons. The molecule has 15 nitrogen and oxygen atoms in total. The van der Waals surface area contributed by atoms with Crippen molar-refractivity contribution in [2.75, 3.05) is 26.2 Å². The summed E-state index contributed by atoms with van der Waals surface area (Å²) in [6.07, 6.45) is 22.6. The van der Waals surface area contributed by atoms with Crippen LogP contribution in [0.5, 0.6) is 0 Å². The Bertz CT molecular complexity index is 1540. The van der Waals surface area contributed by atoms with Gasteiger partial charge in [-0.3, -0.25) is 24.4 Å². The summed E-state index contributed by atoms with van der Waals surface area (Å²) in [7, 11) is 0. The van der Waals surface area contributed by atoms with E-state index in [-0.39, 0.29) is 48.1 Å². The van der Waals surface area contributed by atoms with E-state index in [4.69, 9.17) is 14.3 Å². The zero-order chi connectivity index (χ0) is 40.6. The highest BCUT2D eigenvalue weighted by atomic mass is 16.5. The molecular formula is C42H67N7O8. The molecule has 2 aliphatic heterocycles. The van der Waals surface area contributed by atoms with E-state index in [1.807, 2.05) is 0 Å². The lowest BCUT2D eigenvalue weighted by Gasteiger charge is -2.29. The number of likely N-dealkylation sites (tertiary alicyclic amines) is 2. The third-order valence-corrected chi connectivity index (χ3v) is 12.9. The number of aliphatic carboxylic acids is 1. The van der Waals surface area contributed by atoms with Crippen LogP contribution in [-0.2, 0) is 9.59 Å². The number of carbonyl (C=O) groups excluding carboxylic acids is 3. The Labute approximate surface area is 337 Å². The van der Waals surface area contributed by atoms with Crippen LogP contribution in [0.2, 0.25) is 0 Å². The molecule has 0 aromatic carbocycles. The van der Waals surface area contributed by atoms with Crippen molar-refractivity contribution in [3.63, 3.8) is 0 Å². The number of carboxylic acids is 1. The van der Waals surface area contributed by atoms with Gasteiger partial charge in [-0.2, -0.15) is 9.97 Å². The Morgan fingerprint density at radius 3 is 1.44 bits per heavy atom. The van der Waals surface area contributed by atoms with Crippen molar-refractivity contribution >= 4 is 23.7 Å². The second-order valence-electron chi connectivity index (χ2n) is 17.5. The van der Waals surface area contributed by atoms with E-state index in [0.29, 0.717) is 56.2 Å². The van der Waals surface area contributed by atoms with E-state index in [1.54, 1.807) is 15.3 Å². The van der Waals surface area contributed by atoms with Gasteiger partial charge in [0.05, 0.1) is 6.42 Å². The number of nitrogens with one attached hydrogen (secondary N) is 1. The number of aromatic nitrogens is 4. The van der Waals surface area contributed by atoms with Gasteiger partial charge in [-0.05, 0) is 62.2 Å². The van der Waals surface area contributed by atoms with Crippen LogP contribution in [-0.4, -0.2) is 90.3 Å². The van der Waals surface area contributed by atoms with Crippen molar-refractivity contribution in [3.8, 4) is 0 Å². The van der Waals surface area contributed by atoms with Crippen molar-refractivity contribution < 1.29 is 38.5 Å². The Morgan fingerprint density at radius 1 is 0.649 bits per heavy atom. The van der Waals surface area contributed by atoms with Gasteiger partial charge in [0.1, 0.15) is 0 Å². The fourth-order valence-corrected chi connectivity index (χ4v) is 9.05. The second-order valence-corrected chi connectivity index (χ2v) is 17.5. The number of hydrogen-bond acceptors (Lipinski definition) is 11. The van der Waals surface area contributed by atoms with Gasteiger partial charge in [-0.1, -0.05) is 114 Å². The normalized spacial score (nSPS) is 20.1. The lowest BCUT2D eigenvalue weighted by molar-refractivity contribution is -0.137. The van der Waals surface area contributed by atoms with E-state index < -0.39 is 11.9 Å². The van der Waals surface area contributed by atoms with Crippen LogP contribution in [0.25, 0.3) is 0 Å². The van der Waals surface area contributed by atoms with Gasteiger partial charge in [-0.25, -0.2) is 5.48 Å². The number of hydrogen-bond donors (Lipinski definition) is 3. The van der Waals surface area contributed by atoms with Crippen molar-refractivity contribution in [2.24, 2.45) is 23.7 Å². The van der Waals surface area contributed by atoms with Gasteiger partial charge in [-0.15, -0.1) is 0 Å². The molecule has 4 aliphatic rings. The summed E-state index contributed by atoms with van der Waals surface area (Å²) in [5.74, 6) is 1.13. The largest absolute Gasteiger partial charge is 0.481 e. The monoisotopic (exact) mass is 798 g/mol. The van der Waals surface area contributed by atoms with Crippen molar-refractivity contribution in [2.45, 2.75) is 167 Å². The van der Waals surface area contributed by atoms with Crippen LogP contribution in [0.4, 0.5) is 0 Å². The summed E-state index contributed by atoms with van der Waals surface area (Å²) in [4.78, 5) is 60.5. The minimum atomic E-state index is -0.876. The van der Waals surface area contributed by atoms with Crippen molar-refractivity contribution in [1.82, 2.24) is 35.6 Å². The van der Waals surface area contributed by atoms with Gasteiger partial charge in [0.25, 0.3) is 23.5 Å². The molecule has 3 N–H and O–H groups in total. The quantitative estimate of drug-likeness (QED) is 0.109. The standard InChI is InChI=1S/C21H34N4O4.C21H33N3O4/c1-15-10-12-25(13-11-15)21(27)19-22-20(29-24-19)17(14-18(26)23-28)9-5-8-16-6-3-2-4-7-16;1-15-10-12-24(13-11-15)21(27)19-22-20(28-23-19)17(14-18(25)26)9-5-8-16-6-3-2-4-7-16/h15-17,28H,2-14H2,1H3,(H,23,26);15-17H,2-14H2,1H3,(H,25,26)/t2*17-/m11/s1. The van der Waals surface area contributed by atoms with E-state index in [1.165, 1.54) is 64.2 Å². The molecule has 2 aliphatic carbocycles. The fourth-order valence-electron chi connectivity index (χ4n) is 9.05. The number of amides is 3. The van der Waals surface area contributed by atoms with Gasteiger partial charge < -0.3 is 24.0 Å². The smallest absolute Gasteiger partial charge is 0.304 e. The predicted octanol–water partition coefficient (Wildman–Crippen LogP) is 7.92. The average molecular weight is 798 g/mol. The summed E-state index contributed by atoms with van der Waals surface area (Å²) in [5.41, 5.74) is 1.69. The molecule has 2 saturated heterocycles. The summed E-state index contributed by atoms with van der Waals surface area (Å²) in [6, 6.07) is 0. The molecule has 3 amide bonds. The molecule has 0 radical (unpaired) electrons. The third kappa shape index (κ3) is 14.2. The molecule has 57 heavy (non-hydrogen) atoms. The molecule has 2 aromatic rings. The molecule has 6 rings (SSSR count). The molecule has 4 heterocycles. The number of carboxylic acid groups (broad SMARTS) is 1. The van der Waals surface area contributed by atoms with Gasteiger partial charge in [0.2, 0.25) is 17.7 Å². The van der Waals surface area contributed by atoms with Crippen LogP contribution < -0.4 is 5.48 Å². The number of nitrogens with zero attached hydrogens (tertiary/aromatic N) is 6. The van der Waals surface area contributed by atoms with E-state index in [9.17, 15) is 24.3 Å². The SMILES string of the molecule is CC1CCN(C(=O)c2noc([C@H](CCCC3CCCCC3)CC(=O)NO)n2)CC1.CC1CCN(C(=O)c2noc([C@H](CCCC3CCCCC3)CC(=O)O)n2)CC1. The molecule has 2 atom stereocenters. The minimum absolute atomic E-state index is 0.0400. The fraction of sp³-hybridized carbons (Fsp3) is 0.810. The summed E-state index contributed by atoms with van der Waals surface area (Å²) in [5, 5.41) is 25.9. The van der Waals surface area contributed by atoms with E-state index in [2.05, 4.69) is 34.1 Å².